The molecule has 0 bridgehead atoms. The van der Waals surface area contributed by atoms with E-state index in [-0.39, 0.29) is 11.2 Å². The molecule has 3 rings (SSSR count). The highest BCUT2D eigenvalue weighted by Crippen LogP contribution is 2.42. The molecule has 0 fully saturated rings. The van der Waals surface area contributed by atoms with Gasteiger partial charge in [0.15, 0.2) is 16.9 Å². The van der Waals surface area contributed by atoms with Gasteiger partial charge in [-0.3, -0.25) is 4.79 Å². The Balaban J connectivity index is 2.40. The van der Waals surface area contributed by atoms with Gasteiger partial charge in [0, 0.05) is 11.6 Å². The predicted octanol–water partition coefficient (Wildman–Crippen LogP) is 3.23. The number of pyridine rings is 1. The maximum Gasteiger partial charge on any atom is 0.204 e. The van der Waals surface area contributed by atoms with Crippen LogP contribution in [0.2, 0.25) is 0 Å². The molecule has 0 unspecified atom stereocenters. The number of hydrogen-bond donors (Lipinski definition) is 2. The molecule has 0 amide bonds. The van der Waals surface area contributed by atoms with Crippen LogP contribution in [0.25, 0.3) is 22.2 Å². The van der Waals surface area contributed by atoms with Gasteiger partial charge in [0.25, 0.3) is 0 Å². The topological polar surface area (TPSA) is 80.8 Å². The summed E-state index contributed by atoms with van der Waals surface area (Å²) >= 11 is 0. The molecule has 3 aromatic rings. The molecule has 0 aliphatic rings. The Morgan fingerprint density at radius 1 is 0.960 bits per heavy atom. The zero-order valence-corrected chi connectivity index (χ0v) is 14.5. The molecule has 2 N–H and O–H groups in total. The van der Waals surface area contributed by atoms with E-state index in [0.29, 0.717) is 39.4 Å². The largest absolute Gasteiger partial charge is 0.508 e. The summed E-state index contributed by atoms with van der Waals surface area (Å²) in [5, 5.41) is 9.88. The number of hydrogen-bond acceptors (Lipinski definition) is 5. The van der Waals surface area contributed by atoms with Crippen molar-refractivity contribution in [2.75, 3.05) is 21.3 Å². The van der Waals surface area contributed by atoms with Crippen LogP contribution in [0.5, 0.6) is 23.0 Å². The third-order valence-corrected chi connectivity index (χ3v) is 4.19. The minimum atomic E-state index is -0.158. The normalized spacial score (nSPS) is 10.7. The molecule has 0 saturated carbocycles. The summed E-state index contributed by atoms with van der Waals surface area (Å²) in [6, 6.07) is 8.36. The Morgan fingerprint density at radius 2 is 1.60 bits per heavy atom. The van der Waals surface area contributed by atoms with Crippen LogP contribution in [-0.2, 0) is 0 Å². The monoisotopic (exact) mass is 341 g/mol. The first kappa shape index (κ1) is 16.7. The number of phenols is 1. The molecule has 0 saturated heterocycles. The van der Waals surface area contributed by atoms with Gasteiger partial charge in [0.2, 0.25) is 5.75 Å². The SMILES string of the molecule is COc1cc2[nH]c(-c3ccc(O)cc3)c(C)c(=O)c2c(OC)c1OC. The van der Waals surface area contributed by atoms with Crippen LogP contribution >= 0.6 is 0 Å². The first-order chi connectivity index (χ1) is 12.0. The van der Waals surface area contributed by atoms with Gasteiger partial charge in [-0.05, 0) is 36.8 Å². The number of aromatic amines is 1. The summed E-state index contributed by atoms with van der Waals surface area (Å²) in [5.41, 5.74) is 2.43. The lowest BCUT2D eigenvalue weighted by Crippen LogP contribution is -2.11. The van der Waals surface area contributed by atoms with Gasteiger partial charge in [-0.25, -0.2) is 0 Å². The molecule has 0 aliphatic heterocycles. The van der Waals surface area contributed by atoms with E-state index in [1.165, 1.54) is 21.3 Å². The molecule has 6 heteroatoms. The fraction of sp³-hybridized carbons (Fsp3) is 0.211. The van der Waals surface area contributed by atoms with E-state index in [0.717, 1.165) is 5.56 Å². The van der Waals surface area contributed by atoms with Crippen LogP contribution in [0, 0.1) is 6.92 Å². The van der Waals surface area contributed by atoms with Gasteiger partial charge in [0.1, 0.15) is 5.75 Å². The van der Waals surface area contributed by atoms with E-state index in [1.54, 1.807) is 37.3 Å². The Morgan fingerprint density at radius 3 is 2.16 bits per heavy atom. The highest BCUT2D eigenvalue weighted by Gasteiger charge is 2.21. The van der Waals surface area contributed by atoms with Gasteiger partial charge in [-0.2, -0.15) is 0 Å². The Bertz CT molecular complexity index is 990. The third kappa shape index (κ3) is 2.65. The summed E-state index contributed by atoms with van der Waals surface area (Å²) in [5.74, 6) is 1.33. The fourth-order valence-electron chi connectivity index (χ4n) is 2.93. The van der Waals surface area contributed by atoms with Crippen molar-refractivity contribution in [1.29, 1.82) is 0 Å². The van der Waals surface area contributed by atoms with Gasteiger partial charge in [-0.1, -0.05) is 0 Å². The van der Waals surface area contributed by atoms with Crippen LogP contribution in [0.15, 0.2) is 35.1 Å². The first-order valence-corrected chi connectivity index (χ1v) is 7.66. The summed E-state index contributed by atoms with van der Waals surface area (Å²) in [4.78, 5) is 16.3. The maximum atomic E-state index is 13.0. The molecule has 1 heterocycles. The zero-order chi connectivity index (χ0) is 18.1. The van der Waals surface area contributed by atoms with E-state index in [4.69, 9.17) is 14.2 Å². The van der Waals surface area contributed by atoms with Crippen molar-refractivity contribution < 1.29 is 19.3 Å². The van der Waals surface area contributed by atoms with Crippen LogP contribution in [0.4, 0.5) is 0 Å². The average molecular weight is 341 g/mol. The van der Waals surface area contributed by atoms with E-state index in [2.05, 4.69) is 4.98 Å². The molecular formula is C19H19NO5. The number of benzene rings is 2. The Labute approximate surface area is 144 Å². The van der Waals surface area contributed by atoms with E-state index < -0.39 is 0 Å². The average Bonchev–Trinajstić information content (AvgIpc) is 2.63. The van der Waals surface area contributed by atoms with E-state index in [9.17, 15) is 9.90 Å². The molecule has 1 aromatic heterocycles. The van der Waals surface area contributed by atoms with Gasteiger partial charge < -0.3 is 24.3 Å². The lowest BCUT2D eigenvalue weighted by Gasteiger charge is -2.16. The van der Waals surface area contributed by atoms with Gasteiger partial charge in [-0.15, -0.1) is 0 Å². The molecular weight excluding hydrogens is 322 g/mol. The number of rotatable bonds is 4. The second-order valence-electron chi connectivity index (χ2n) is 5.57. The second kappa shape index (κ2) is 6.39. The van der Waals surface area contributed by atoms with Crippen molar-refractivity contribution in [2.24, 2.45) is 0 Å². The minimum Gasteiger partial charge on any atom is -0.508 e. The van der Waals surface area contributed by atoms with Crippen molar-refractivity contribution in [3.63, 3.8) is 0 Å². The third-order valence-electron chi connectivity index (χ3n) is 4.19. The minimum absolute atomic E-state index is 0.158. The summed E-state index contributed by atoms with van der Waals surface area (Å²) in [6.07, 6.45) is 0. The smallest absolute Gasteiger partial charge is 0.204 e. The molecule has 130 valence electrons. The van der Waals surface area contributed by atoms with Crippen molar-refractivity contribution in [1.82, 2.24) is 4.98 Å². The molecule has 0 atom stereocenters. The molecule has 6 nitrogen and oxygen atoms in total. The van der Waals surface area contributed by atoms with Crippen molar-refractivity contribution >= 4 is 10.9 Å². The van der Waals surface area contributed by atoms with Crippen molar-refractivity contribution in [3.8, 4) is 34.3 Å². The zero-order valence-electron chi connectivity index (χ0n) is 14.5. The molecule has 2 aromatic carbocycles. The highest BCUT2D eigenvalue weighted by atomic mass is 16.5. The number of ether oxygens (including phenoxy) is 3. The summed E-state index contributed by atoms with van der Waals surface area (Å²) in [6.45, 7) is 1.75. The Hall–Kier alpha value is -3.15. The fourth-order valence-corrected chi connectivity index (χ4v) is 2.93. The summed E-state index contributed by atoms with van der Waals surface area (Å²) < 4.78 is 16.1. The lowest BCUT2D eigenvalue weighted by molar-refractivity contribution is 0.327. The van der Waals surface area contributed by atoms with Crippen molar-refractivity contribution in [3.05, 3.63) is 46.1 Å². The van der Waals surface area contributed by atoms with Crippen LogP contribution < -0.4 is 19.6 Å². The first-order valence-electron chi connectivity index (χ1n) is 7.66. The Kier molecular flexibility index (Phi) is 4.27. The van der Waals surface area contributed by atoms with Crippen LogP contribution in [0.3, 0.4) is 0 Å². The quantitative estimate of drug-likeness (QED) is 0.761. The lowest BCUT2D eigenvalue weighted by atomic mass is 10.0. The van der Waals surface area contributed by atoms with Crippen LogP contribution in [0.1, 0.15) is 5.56 Å². The number of phenolic OH excluding ortho intramolecular Hbond substituents is 1. The molecule has 25 heavy (non-hydrogen) atoms. The van der Waals surface area contributed by atoms with Gasteiger partial charge >= 0.3 is 0 Å². The van der Waals surface area contributed by atoms with Crippen molar-refractivity contribution in [2.45, 2.75) is 6.92 Å². The second-order valence-corrected chi connectivity index (χ2v) is 5.57. The summed E-state index contributed by atoms with van der Waals surface area (Å²) in [7, 11) is 4.51. The molecule has 0 radical (unpaired) electrons. The standard InChI is InChI=1S/C19H19NO5/c1-10-16(11-5-7-12(21)8-6-11)20-13-9-14(23-2)18(24-3)19(25-4)15(13)17(10)22/h5-9,21H,1-4H3,(H,20,22). The predicted molar refractivity (Wildman–Crippen MR) is 96.1 cm³/mol. The maximum absolute atomic E-state index is 13.0. The number of aromatic nitrogens is 1. The number of aromatic hydroxyl groups is 1. The number of nitrogens with one attached hydrogen (secondary N) is 1. The van der Waals surface area contributed by atoms with E-state index >= 15 is 0 Å². The number of fused-ring (bicyclic) bond motifs is 1. The molecule has 0 spiro atoms. The highest BCUT2D eigenvalue weighted by molar-refractivity contribution is 5.92. The van der Waals surface area contributed by atoms with E-state index in [1.807, 2.05) is 0 Å². The van der Waals surface area contributed by atoms with Gasteiger partial charge in [0.05, 0.1) is 37.9 Å². The van der Waals surface area contributed by atoms with Crippen LogP contribution in [-0.4, -0.2) is 31.4 Å². The number of H-pyrrole nitrogens is 1. The number of methoxy groups -OCH3 is 3. The molecule has 0 aliphatic carbocycles.